The molecule has 1 aliphatic rings. The summed E-state index contributed by atoms with van der Waals surface area (Å²) in [6.45, 7) is 11.2. The van der Waals surface area contributed by atoms with E-state index in [-0.39, 0.29) is 35.3 Å². The third kappa shape index (κ3) is 5.65. The second-order valence-corrected chi connectivity index (χ2v) is 11.8. The highest BCUT2D eigenvalue weighted by Gasteiger charge is 2.29. The zero-order valence-electron chi connectivity index (χ0n) is 24.8. The zero-order valence-corrected chi connectivity index (χ0v) is 24.8. The molecule has 0 aliphatic carbocycles. The Morgan fingerprint density at radius 3 is 2.36 bits per heavy atom. The van der Waals surface area contributed by atoms with Crippen molar-refractivity contribution in [2.75, 3.05) is 31.1 Å². The summed E-state index contributed by atoms with van der Waals surface area (Å²) in [4.78, 5) is 38.7. The van der Waals surface area contributed by atoms with E-state index in [4.69, 9.17) is 4.74 Å². The lowest BCUT2D eigenvalue weighted by molar-refractivity contribution is -0.143. The van der Waals surface area contributed by atoms with Crippen LogP contribution >= 0.6 is 0 Å². The van der Waals surface area contributed by atoms with E-state index in [0.717, 1.165) is 11.1 Å². The Hall–Kier alpha value is -4.12. The van der Waals surface area contributed by atoms with Gasteiger partial charge in [0.2, 0.25) is 11.9 Å². The largest absolute Gasteiger partial charge is 0.366 e. The number of ether oxygens (including phenoxy) is 1. The average molecular weight is 579 g/mol. The van der Waals surface area contributed by atoms with Gasteiger partial charge in [-0.2, -0.15) is 0 Å². The smallest absolute Gasteiger partial charge is 0.274 e. The van der Waals surface area contributed by atoms with Gasteiger partial charge in [-0.05, 0) is 64.4 Å². The molecule has 4 aromatic rings. The molecule has 5 rings (SSSR count). The normalized spacial score (nSPS) is 16.7. The first-order valence-electron chi connectivity index (χ1n) is 14.0. The Balaban J connectivity index is 1.37. The molecular formula is C31H36F2N6O3. The number of carbonyl (C=O) groups is 1. The first kappa shape index (κ1) is 29.4. The predicted octanol–water partition coefficient (Wildman–Crippen LogP) is 4.54. The molecule has 222 valence electrons. The van der Waals surface area contributed by atoms with E-state index in [0.29, 0.717) is 36.5 Å². The number of carbonyl (C=O) groups excluding carboxylic acids is 1. The summed E-state index contributed by atoms with van der Waals surface area (Å²) in [5.41, 5.74) is 1.29. The molecule has 11 heteroatoms. The van der Waals surface area contributed by atoms with Crippen molar-refractivity contribution < 1.29 is 18.3 Å². The Morgan fingerprint density at radius 1 is 1.07 bits per heavy atom. The molecule has 9 nitrogen and oxygen atoms in total. The van der Waals surface area contributed by atoms with Crippen molar-refractivity contribution in [2.45, 2.75) is 52.3 Å². The quantitative estimate of drug-likeness (QED) is 0.334. The van der Waals surface area contributed by atoms with E-state index >= 15 is 0 Å². The number of halogens is 2. The number of aromatic nitrogens is 4. The molecule has 0 bridgehead atoms. The van der Waals surface area contributed by atoms with Crippen LogP contribution in [0.2, 0.25) is 0 Å². The molecular weight excluding hydrogens is 542 g/mol. The van der Waals surface area contributed by atoms with Crippen LogP contribution in [0, 0.1) is 11.6 Å². The van der Waals surface area contributed by atoms with Gasteiger partial charge in [0, 0.05) is 56.2 Å². The number of nitrogens with zero attached hydrogens (tertiary/aromatic N) is 6. The fourth-order valence-corrected chi connectivity index (χ4v) is 5.52. The Kier molecular flexibility index (Phi) is 7.89. The van der Waals surface area contributed by atoms with E-state index in [1.807, 2.05) is 49.6 Å². The van der Waals surface area contributed by atoms with Gasteiger partial charge in [0.25, 0.3) is 5.56 Å². The SMILES string of the molecule is CC(c1c(F)cccc1F)n1c2cc(-c3cnc(N4CCN(C(=O)COC(C)(C)C)[C@H](C)C4)nc3)ccc2c(=O)n1C. The number of fused-ring (bicyclic) bond motifs is 1. The third-order valence-corrected chi connectivity index (χ3v) is 7.71. The zero-order chi connectivity index (χ0) is 30.3. The van der Waals surface area contributed by atoms with Gasteiger partial charge in [-0.1, -0.05) is 12.1 Å². The summed E-state index contributed by atoms with van der Waals surface area (Å²) >= 11 is 0. The molecule has 1 fully saturated rings. The maximum atomic E-state index is 14.6. The van der Waals surface area contributed by atoms with Crippen molar-refractivity contribution in [3.05, 3.63) is 76.3 Å². The fraction of sp³-hybridized carbons (Fsp3) is 0.419. The van der Waals surface area contributed by atoms with Crippen molar-refractivity contribution in [3.63, 3.8) is 0 Å². The van der Waals surface area contributed by atoms with Gasteiger partial charge < -0.3 is 14.5 Å². The molecule has 1 saturated heterocycles. The van der Waals surface area contributed by atoms with Crippen LogP contribution in [0.1, 0.15) is 46.2 Å². The van der Waals surface area contributed by atoms with Gasteiger partial charge in [0.15, 0.2) is 0 Å². The molecule has 0 saturated carbocycles. The van der Waals surface area contributed by atoms with Crippen LogP contribution in [0.15, 0.2) is 53.6 Å². The van der Waals surface area contributed by atoms with Crippen molar-refractivity contribution in [2.24, 2.45) is 7.05 Å². The van der Waals surface area contributed by atoms with Crippen LogP contribution in [0.4, 0.5) is 14.7 Å². The monoisotopic (exact) mass is 578 g/mol. The van der Waals surface area contributed by atoms with E-state index in [1.165, 1.54) is 22.9 Å². The highest BCUT2D eigenvalue weighted by atomic mass is 19.1. The molecule has 2 aromatic heterocycles. The molecule has 0 N–H and O–H groups in total. The number of rotatable bonds is 6. The van der Waals surface area contributed by atoms with E-state index in [9.17, 15) is 18.4 Å². The topological polar surface area (TPSA) is 85.5 Å². The number of benzene rings is 2. The van der Waals surface area contributed by atoms with E-state index in [1.54, 1.807) is 37.1 Å². The molecule has 2 atom stereocenters. The predicted molar refractivity (Wildman–Crippen MR) is 157 cm³/mol. The fourth-order valence-electron chi connectivity index (χ4n) is 5.52. The highest BCUT2D eigenvalue weighted by Crippen LogP contribution is 2.30. The third-order valence-electron chi connectivity index (χ3n) is 7.71. The van der Waals surface area contributed by atoms with Crippen molar-refractivity contribution >= 4 is 22.8 Å². The van der Waals surface area contributed by atoms with Gasteiger partial charge in [-0.15, -0.1) is 0 Å². The minimum Gasteiger partial charge on any atom is -0.366 e. The Labute approximate surface area is 243 Å². The molecule has 1 amide bonds. The highest BCUT2D eigenvalue weighted by molar-refractivity contribution is 5.84. The minimum atomic E-state index is -0.775. The summed E-state index contributed by atoms with van der Waals surface area (Å²) in [5, 5.41) is 0.441. The number of hydrogen-bond acceptors (Lipinski definition) is 6. The molecule has 2 aromatic carbocycles. The van der Waals surface area contributed by atoms with E-state index in [2.05, 4.69) is 9.97 Å². The van der Waals surface area contributed by atoms with Crippen molar-refractivity contribution in [1.82, 2.24) is 24.2 Å². The van der Waals surface area contributed by atoms with Crippen LogP contribution in [0.5, 0.6) is 0 Å². The van der Waals surface area contributed by atoms with Crippen LogP contribution < -0.4 is 10.5 Å². The lowest BCUT2D eigenvalue weighted by Crippen LogP contribution is -2.55. The van der Waals surface area contributed by atoms with Crippen LogP contribution in [-0.4, -0.2) is 68.0 Å². The van der Waals surface area contributed by atoms with Gasteiger partial charge in [-0.3, -0.25) is 19.0 Å². The summed E-state index contributed by atoms with van der Waals surface area (Å²) in [6.07, 6.45) is 3.43. The van der Waals surface area contributed by atoms with E-state index < -0.39 is 17.7 Å². The van der Waals surface area contributed by atoms with Gasteiger partial charge in [0.05, 0.1) is 22.5 Å². The Morgan fingerprint density at radius 2 is 1.74 bits per heavy atom. The second-order valence-electron chi connectivity index (χ2n) is 11.8. The maximum Gasteiger partial charge on any atom is 0.274 e. The number of anilines is 1. The van der Waals surface area contributed by atoms with Gasteiger partial charge in [0.1, 0.15) is 18.2 Å². The number of piperazine rings is 1. The molecule has 1 aliphatic heterocycles. The standard InChI is InChI=1S/C31H36F2N6O3/c1-19-17-37(12-13-38(19)27(40)18-42-31(3,4)5)30-34-15-22(16-35-30)21-10-11-23-26(14-21)39(36(6)29(23)41)20(2)28-24(32)8-7-9-25(28)33/h7-11,14-16,19-20H,12-13,17-18H2,1-6H3/t19-,20?/m1/s1. The molecule has 0 radical (unpaired) electrons. The lowest BCUT2D eigenvalue weighted by atomic mass is 10.1. The lowest BCUT2D eigenvalue weighted by Gasteiger charge is -2.40. The van der Waals surface area contributed by atoms with Crippen molar-refractivity contribution in [1.29, 1.82) is 0 Å². The summed E-state index contributed by atoms with van der Waals surface area (Å²) in [5.74, 6) is -0.815. The summed E-state index contributed by atoms with van der Waals surface area (Å²) < 4.78 is 37.9. The molecule has 0 spiro atoms. The van der Waals surface area contributed by atoms with Crippen LogP contribution in [0.3, 0.4) is 0 Å². The first-order valence-corrected chi connectivity index (χ1v) is 14.0. The summed E-state index contributed by atoms with van der Waals surface area (Å²) in [6, 6.07) is 8.27. The first-order chi connectivity index (χ1) is 19.9. The van der Waals surface area contributed by atoms with Crippen LogP contribution in [0.25, 0.3) is 22.0 Å². The van der Waals surface area contributed by atoms with Gasteiger partial charge >= 0.3 is 0 Å². The van der Waals surface area contributed by atoms with Gasteiger partial charge in [-0.25, -0.2) is 18.7 Å². The molecule has 42 heavy (non-hydrogen) atoms. The van der Waals surface area contributed by atoms with Crippen LogP contribution in [-0.2, 0) is 16.6 Å². The maximum absolute atomic E-state index is 14.6. The number of amides is 1. The minimum absolute atomic E-state index is 0.0309. The average Bonchev–Trinajstić information content (AvgIpc) is 3.20. The Bertz CT molecular complexity index is 1650. The molecule has 1 unspecified atom stereocenters. The van der Waals surface area contributed by atoms with Crippen molar-refractivity contribution in [3.8, 4) is 11.1 Å². The number of hydrogen-bond donors (Lipinski definition) is 0. The second kappa shape index (κ2) is 11.3. The summed E-state index contributed by atoms with van der Waals surface area (Å²) in [7, 11) is 1.58. The molecule has 3 heterocycles.